The van der Waals surface area contributed by atoms with E-state index >= 15 is 0 Å². The Morgan fingerprint density at radius 1 is 1.15 bits per heavy atom. The molecule has 0 aromatic rings. The van der Waals surface area contributed by atoms with Crippen molar-refractivity contribution in [3.05, 3.63) is 0 Å². The monoisotopic (exact) mass is 280 g/mol. The molecule has 2 fully saturated rings. The molecule has 2 unspecified atom stereocenters. The number of amides is 1. The van der Waals surface area contributed by atoms with Crippen molar-refractivity contribution in [2.75, 3.05) is 0 Å². The Balaban J connectivity index is 1.96. The molecule has 3 heteroatoms. The summed E-state index contributed by atoms with van der Waals surface area (Å²) in [4.78, 5) is 14.9. The zero-order valence-corrected chi connectivity index (χ0v) is 13.9. The third-order valence-electron chi connectivity index (χ3n) is 4.75. The smallest absolute Gasteiger partial charge is 0.244 e. The van der Waals surface area contributed by atoms with Gasteiger partial charge in [-0.3, -0.25) is 10.1 Å². The molecule has 1 saturated heterocycles. The summed E-state index contributed by atoms with van der Waals surface area (Å²) in [5, 5.41) is 3.63. The predicted octanol–water partition coefficient (Wildman–Crippen LogP) is 3.54. The number of hydrogen-bond acceptors (Lipinski definition) is 2. The summed E-state index contributed by atoms with van der Waals surface area (Å²) in [7, 11) is 0. The molecule has 1 N–H and O–H groups in total. The maximum Gasteiger partial charge on any atom is 0.244 e. The van der Waals surface area contributed by atoms with Crippen LogP contribution < -0.4 is 5.32 Å². The van der Waals surface area contributed by atoms with Crippen LogP contribution in [-0.2, 0) is 4.79 Å². The van der Waals surface area contributed by atoms with Gasteiger partial charge in [-0.25, -0.2) is 0 Å². The van der Waals surface area contributed by atoms with E-state index in [4.69, 9.17) is 0 Å². The Morgan fingerprint density at radius 3 is 2.30 bits per heavy atom. The van der Waals surface area contributed by atoms with Crippen LogP contribution in [-0.4, -0.2) is 28.6 Å². The van der Waals surface area contributed by atoms with Crippen LogP contribution in [0.5, 0.6) is 0 Å². The van der Waals surface area contributed by atoms with Gasteiger partial charge in [0, 0.05) is 6.04 Å². The van der Waals surface area contributed by atoms with Gasteiger partial charge in [-0.05, 0) is 44.4 Å². The summed E-state index contributed by atoms with van der Waals surface area (Å²) in [5.41, 5.74) is -0.161. The second-order valence-corrected chi connectivity index (χ2v) is 7.76. The van der Waals surface area contributed by atoms with E-state index in [1.807, 2.05) is 0 Å². The van der Waals surface area contributed by atoms with Crippen molar-refractivity contribution in [2.45, 2.75) is 90.9 Å². The van der Waals surface area contributed by atoms with Gasteiger partial charge in [0.2, 0.25) is 5.91 Å². The van der Waals surface area contributed by atoms with Gasteiger partial charge in [0.25, 0.3) is 0 Å². The van der Waals surface area contributed by atoms with Crippen molar-refractivity contribution in [1.82, 2.24) is 10.2 Å². The molecular weight excluding hydrogens is 248 g/mol. The van der Waals surface area contributed by atoms with Crippen molar-refractivity contribution in [1.29, 1.82) is 0 Å². The molecule has 1 aliphatic heterocycles. The van der Waals surface area contributed by atoms with E-state index in [1.54, 1.807) is 0 Å². The standard InChI is InChI=1S/C17H32N2O/c1-12(2)7-6-8-14(5)19-15(11-13(3)4)18-17(9-10-17)16(19)20/h12-15,18H,6-11H2,1-5H3. The molecule has 116 valence electrons. The van der Waals surface area contributed by atoms with Gasteiger partial charge in [-0.2, -0.15) is 0 Å². The average molecular weight is 280 g/mol. The quantitative estimate of drug-likeness (QED) is 0.773. The van der Waals surface area contributed by atoms with Crippen LogP contribution in [0, 0.1) is 11.8 Å². The van der Waals surface area contributed by atoms with Crippen LogP contribution >= 0.6 is 0 Å². The average Bonchev–Trinajstić information content (AvgIpc) is 3.03. The normalized spacial score (nSPS) is 26.1. The van der Waals surface area contributed by atoms with Crippen molar-refractivity contribution in [3.8, 4) is 0 Å². The van der Waals surface area contributed by atoms with E-state index in [2.05, 4.69) is 44.8 Å². The van der Waals surface area contributed by atoms with Crippen molar-refractivity contribution in [2.24, 2.45) is 11.8 Å². The number of carbonyl (C=O) groups excluding carboxylic acids is 1. The van der Waals surface area contributed by atoms with Gasteiger partial charge in [-0.15, -0.1) is 0 Å². The maximum atomic E-state index is 12.7. The van der Waals surface area contributed by atoms with Gasteiger partial charge in [0.1, 0.15) is 0 Å². The van der Waals surface area contributed by atoms with Crippen LogP contribution in [0.25, 0.3) is 0 Å². The van der Waals surface area contributed by atoms with Crippen molar-refractivity contribution in [3.63, 3.8) is 0 Å². The van der Waals surface area contributed by atoms with Gasteiger partial charge >= 0.3 is 0 Å². The molecule has 0 bridgehead atoms. The van der Waals surface area contributed by atoms with E-state index < -0.39 is 0 Å². The Morgan fingerprint density at radius 2 is 1.80 bits per heavy atom. The van der Waals surface area contributed by atoms with Crippen LogP contribution in [0.2, 0.25) is 0 Å². The number of nitrogens with zero attached hydrogens (tertiary/aromatic N) is 1. The molecule has 1 aliphatic carbocycles. The summed E-state index contributed by atoms with van der Waals surface area (Å²) in [6, 6.07) is 0.373. The SMILES string of the molecule is CC(C)CCCC(C)N1C(=O)C2(CC2)NC1CC(C)C. The molecule has 0 aromatic heterocycles. The van der Waals surface area contributed by atoms with Crippen LogP contribution in [0.3, 0.4) is 0 Å². The molecule has 2 rings (SSSR count). The summed E-state index contributed by atoms with van der Waals surface area (Å²) >= 11 is 0. The zero-order chi connectivity index (χ0) is 14.9. The summed E-state index contributed by atoms with van der Waals surface area (Å²) in [6.07, 6.45) is 7.03. The fourth-order valence-corrected chi connectivity index (χ4v) is 3.41. The van der Waals surface area contributed by atoms with Crippen LogP contribution in [0.15, 0.2) is 0 Å². The first-order valence-electron chi connectivity index (χ1n) is 8.46. The second kappa shape index (κ2) is 6.05. The fourth-order valence-electron chi connectivity index (χ4n) is 3.41. The molecular formula is C17H32N2O. The third kappa shape index (κ3) is 3.36. The highest BCUT2D eigenvalue weighted by Crippen LogP contribution is 2.44. The number of rotatable bonds is 7. The van der Waals surface area contributed by atoms with E-state index in [0.29, 0.717) is 17.9 Å². The lowest BCUT2D eigenvalue weighted by atomic mass is 10.0. The highest BCUT2D eigenvalue weighted by Gasteiger charge is 2.59. The van der Waals surface area contributed by atoms with E-state index in [1.165, 1.54) is 12.8 Å². The second-order valence-electron chi connectivity index (χ2n) is 7.76. The fraction of sp³-hybridized carbons (Fsp3) is 0.941. The Bertz CT molecular complexity index is 347. The minimum absolute atomic E-state index is 0.161. The molecule has 1 amide bonds. The number of carbonyl (C=O) groups is 1. The molecule has 3 nitrogen and oxygen atoms in total. The summed E-state index contributed by atoms with van der Waals surface area (Å²) in [5.74, 6) is 1.76. The van der Waals surface area contributed by atoms with Crippen molar-refractivity contribution < 1.29 is 4.79 Å². The van der Waals surface area contributed by atoms with Gasteiger partial charge in [0.15, 0.2) is 0 Å². The molecule has 1 saturated carbocycles. The number of nitrogens with one attached hydrogen (secondary N) is 1. The van der Waals surface area contributed by atoms with Crippen LogP contribution in [0.4, 0.5) is 0 Å². The summed E-state index contributed by atoms with van der Waals surface area (Å²) in [6.45, 7) is 11.3. The predicted molar refractivity (Wildman–Crippen MR) is 83.3 cm³/mol. The lowest BCUT2D eigenvalue weighted by Gasteiger charge is -2.31. The largest absolute Gasteiger partial charge is 0.323 e. The lowest BCUT2D eigenvalue weighted by Crippen LogP contribution is -2.44. The lowest BCUT2D eigenvalue weighted by molar-refractivity contribution is -0.133. The molecule has 1 spiro atoms. The summed E-state index contributed by atoms with van der Waals surface area (Å²) < 4.78 is 0. The molecule has 0 radical (unpaired) electrons. The third-order valence-corrected chi connectivity index (χ3v) is 4.75. The van der Waals surface area contributed by atoms with Gasteiger partial charge in [-0.1, -0.05) is 40.5 Å². The molecule has 0 aromatic carbocycles. The number of hydrogen-bond donors (Lipinski definition) is 1. The first-order chi connectivity index (χ1) is 9.35. The van der Waals surface area contributed by atoms with Crippen LogP contribution in [0.1, 0.15) is 73.1 Å². The van der Waals surface area contributed by atoms with Gasteiger partial charge < -0.3 is 4.90 Å². The van der Waals surface area contributed by atoms with E-state index in [-0.39, 0.29) is 11.7 Å². The zero-order valence-electron chi connectivity index (χ0n) is 13.9. The van der Waals surface area contributed by atoms with Gasteiger partial charge in [0.05, 0.1) is 11.7 Å². The minimum atomic E-state index is -0.161. The Labute approximate surface area is 124 Å². The molecule has 20 heavy (non-hydrogen) atoms. The van der Waals surface area contributed by atoms with E-state index in [0.717, 1.165) is 31.6 Å². The first-order valence-corrected chi connectivity index (χ1v) is 8.46. The Kier molecular flexibility index (Phi) is 4.78. The van der Waals surface area contributed by atoms with E-state index in [9.17, 15) is 4.79 Å². The minimum Gasteiger partial charge on any atom is -0.323 e. The molecule has 1 heterocycles. The van der Waals surface area contributed by atoms with Crippen molar-refractivity contribution >= 4 is 5.91 Å². The Hall–Kier alpha value is -0.570. The molecule has 2 aliphatic rings. The topological polar surface area (TPSA) is 32.3 Å². The molecule has 2 atom stereocenters. The highest BCUT2D eigenvalue weighted by atomic mass is 16.2. The highest BCUT2D eigenvalue weighted by molar-refractivity contribution is 5.92. The maximum absolute atomic E-state index is 12.7. The first kappa shape index (κ1) is 15.8.